The lowest BCUT2D eigenvalue weighted by atomic mass is 10.0. The SMILES string of the molecule is COc1cccc([C@@H](O)C(=O)NC2(c3ccccc3)CC2)c1. The van der Waals surface area contributed by atoms with Crippen LogP contribution in [0.5, 0.6) is 5.75 Å². The van der Waals surface area contributed by atoms with Gasteiger partial charge >= 0.3 is 0 Å². The highest BCUT2D eigenvalue weighted by Gasteiger charge is 2.46. The Bertz CT molecular complexity index is 665. The van der Waals surface area contributed by atoms with Gasteiger partial charge in [-0.15, -0.1) is 0 Å². The fraction of sp³-hybridized carbons (Fsp3) is 0.278. The molecule has 0 unspecified atom stereocenters. The van der Waals surface area contributed by atoms with Crippen molar-refractivity contribution in [3.8, 4) is 5.75 Å². The van der Waals surface area contributed by atoms with Crippen LogP contribution in [0, 0.1) is 0 Å². The lowest BCUT2D eigenvalue weighted by Gasteiger charge is -2.20. The first-order valence-electron chi connectivity index (χ1n) is 7.34. The van der Waals surface area contributed by atoms with Crippen LogP contribution in [0.3, 0.4) is 0 Å². The number of aliphatic hydroxyl groups excluding tert-OH is 1. The van der Waals surface area contributed by atoms with Crippen LogP contribution in [-0.4, -0.2) is 18.1 Å². The number of methoxy groups -OCH3 is 1. The molecule has 2 aromatic carbocycles. The zero-order valence-corrected chi connectivity index (χ0v) is 12.5. The monoisotopic (exact) mass is 297 g/mol. The maximum absolute atomic E-state index is 12.4. The molecule has 1 aliphatic carbocycles. The fourth-order valence-corrected chi connectivity index (χ4v) is 2.64. The van der Waals surface area contributed by atoms with E-state index < -0.39 is 6.10 Å². The molecule has 4 heteroatoms. The Hall–Kier alpha value is -2.33. The van der Waals surface area contributed by atoms with Crippen molar-refractivity contribution in [2.24, 2.45) is 0 Å². The van der Waals surface area contributed by atoms with Crippen molar-refractivity contribution in [3.05, 3.63) is 65.7 Å². The van der Waals surface area contributed by atoms with E-state index in [0.29, 0.717) is 11.3 Å². The molecule has 0 saturated heterocycles. The van der Waals surface area contributed by atoms with Crippen molar-refractivity contribution >= 4 is 5.91 Å². The Labute approximate surface area is 129 Å². The lowest BCUT2D eigenvalue weighted by Crippen LogP contribution is -2.38. The second kappa shape index (κ2) is 5.81. The van der Waals surface area contributed by atoms with Crippen LogP contribution in [0.4, 0.5) is 0 Å². The smallest absolute Gasteiger partial charge is 0.254 e. The second-order valence-corrected chi connectivity index (χ2v) is 5.62. The number of carbonyl (C=O) groups is 1. The first-order valence-corrected chi connectivity index (χ1v) is 7.34. The molecule has 0 heterocycles. The quantitative estimate of drug-likeness (QED) is 0.891. The van der Waals surface area contributed by atoms with Gasteiger partial charge in [0.05, 0.1) is 12.6 Å². The highest BCUT2D eigenvalue weighted by Crippen LogP contribution is 2.45. The minimum absolute atomic E-state index is 0.321. The van der Waals surface area contributed by atoms with Crippen LogP contribution in [-0.2, 0) is 10.3 Å². The number of benzene rings is 2. The van der Waals surface area contributed by atoms with Gasteiger partial charge in [0.2, 0.25) is 0 Å². The zero-order valence-electron chi connectivity index (χ0n) is 12.5. The van der Waals surface area contributed by atoms with Gasteiger partial charge < -0.3 is 15.2 Å². The van der Waals surface area contributed by atoms with Gasteiger partial charge in [-0.05, 0) is 36.1 Å². The Kier molecular flexibility index (Phi) is 3.86. The molecule has 1 atom stereocenters. The van der Waals surface area contributed by atoms with Gasteiger partial charge in [0.1, 0.15) is 5.75 Å². The van der Waals surface area contributed by atoms with Gasteiger partial charge in [0.15, 0.2) is 6.10 Å². The van der Waals surface area contributed by atoms with Gasteiger partial charge in [-0.2, -0.15) is 0 Å². The molecule has 4 nitrogen and oxygen atoms in total. The lowest BCUT2D eigenvalue weighted by molar-refractivity contribution is -0.130. The predicted molar refractivity (Wildman–Crippen MR) is 83.5 cm³/mol. The van der Waals surface area contributed by atoms with Gasteiger partial charge in [-0.25, -0.2) is 0 Å². The summed E-state index contributed by atoms with van der Waals surface area (Å²) < 4.78 is 5.12. The molecule has 0 aromatic heterocycles. The summed E-state index contributed by atoms with van der Waals surface area (Å²) in [5.41, 5.74) is 1.29. The van der Waals surface area contributed by atoms with E-state index in [2.05, 4.69) is 5.32 Å². The average Bonchev–Trinajstić information content (AvgIpc) is 3.35. The molecule has 0 radical (unpaired) electrons. The van der Waals surface area contributed by atoms with Gasteiger partial charge in [-0.1, -0.05) is 42.5 Å². The molecule has 1 saturated carbocycles. The third-order valence-electron chi connectivity index (χ3n) is 4.10. The van der Waals surface area contributed by atoms with Crippen LogP contribution < -0.4 is 10.1 Å². The van der Waals surface area contributed by atoms with Crippen LogP contribution in [0.25, 0.3) is 0 Å². The van der Waals surface area contributed by atoms with Crippen LogP contribution >= 0.6 is 0 Å². The maximum atomic E-state index is 12.4. The van der Waals surface area contributed by atoms with Crippen molar-refractivity contribution in [2.75, 3.05) is 7.11 Å². The Balaban J connectivity index is 1.74. The van der Waals surface area contributed by atoms with Gasteiger partial charge in [0.25, 0.3) is 5.91 Å². The molecule has 2 N–H and O–H groups in total. The number of ether oxygens (including phenoxy) is 1. The summed E-state index contributed by atoms with van der Waals surface area (Å²) in [6, 6.07) is 16.8. The van der Waals surface area contributed by atoms with Crippen molar-refractivity contribution in [1.29, 1.82) is 0 Å². The van der Waals surface area contributed by atoms with E-state index in [-0.39, 0.29) is 11.4 Å². The molecule has 22 heavy (non-hydrogen) atoms. The Morgan fingerprint density at radius 1 is 1.18 bits per heavy atom. The van der Waals surface area contributed by atoms with E-state index in [1.165, 1.54) is 0 Å². The number of carbonyl (C=O) groups excluding carboxylic acids is 1. The van der Waals surface area contributed by atoms with Crippen molar-refractivity contribution < 1.29 is 14.6 Å². The number of rotatable bonds is 5. The van der Waals surface area contributed by atoms with Crippen LogP contribution in [0.1, 0.15) is 30.1 Å². The molecule has 0 aliphatic heterocycles. The number of hydrogen-bond donors (Lipinski definition) is 2. The number of amides is 1. The Morgan fingerprint density at radius 2 is 1.91 bits per heavy atom. The number of aliphatic hydroxyl groups is 1. The normalized spacial score (nSPS) is 16.6. The molecule has 0 spiro atoms. The summed E-state index contributed by atoms with van der Waals surface area (Å²) in [5, 5.41) is 13.3. The molecular weight excluding hydrogens is 278 g/mol. The molecule has 2 aromatic rings. The van der Waals surface area contributed by atoms with Gasteiger partial charge in [-0.3, -0.25) is 4.79 Å². The van der Waals surface area contributed by atoms with Crippen molar-refractivity contribution in [1.82, 2.24) is 5.32 Å². The molecule has 1 fully saturated rings. The van der Waals surface area contributed by atoms with E-state index in [4.69, 9.17) is 4.74 Å². The van der Waals surface area contributed by atoms with E-state index in [1.807, 2.05) is 30.3 Å². The highest BCUT2D eigenvalue weighted by molar-refractivity contribution is 5.83. The van der Waals surface area contributed by atoms with Crippen molar-refractivity contribution in [2.45, 2.75) is 24.5 Å². The summed E-state index contributed by atoms with van der Waals surface area (Å²) in [6.07, 6.45) is 0.595. The average molecular weight is 297 g/mol. The largest absolute Gasteiger partial charge is 0.497 e. The second-order valence-electron chi connectivity index (χ2n) is 5.62. The molecular formula is C18H19NO3. The van der Waals surface area contributed by atoms with Crippen molar-refractivity contribution in [3.63, 3.8) is 0 Å². The number of hydrogen-bond acceptors (Lipinski definition) is 3. The molecule has 1 aliphatic rings. The van der Waals surface area contributed by atoms with Crippen LogP contribution in [0.15, 0.2) is 54.6 Å². The highest BCUT2D eigenvalue weighted by atomic mass is 16.5. The standard InChI is InChI=1S/C18H19NO3/c1-22-15-9-5-6-13(12-15)16(20)17(21)19-18(10-11-18)14-7-3-2-4-8-14/h2-9,12,16,20H,10-11H2,1H3,(H,19,21)/t16-/m1/s1. The van der Waals surface area contributed by atoms with E-state index in [1.54, 1.807) is 31.4 Å². The Morgan fingerprint density at radius 3 is 2.55 bits per heavy atom. The molecule has 3 rings (SSSR count). The van der Waals surface area contributed by atoms with Crippen LogP contribution in [0.2, 0.25) is 0 Å². The van der Waals surface area contributed by atoms with E-state index in [9.17, 15) is 9.90 Å². The summed E-state index contributed by atoms with van der Waals surface area (Å²) in [7, 11) is 1.56. The van der Waals surface area contributed by atoms with Gasteiger partial charge in [0, 0.05) is 0 Å². The van der Waals surface area contributed by atoms with E-state index in [0.717, 1.165) is 18.4 Å². The zero-order chi connectivity index (χ0) is 15.6. The number of nitrogens with one attached hydrogen (secondary N) is 1. The molecule has 114 valence electrons. The molecule has 1 amide bonds. The minimum Gasteiger partial charge on any atom is -0.497 e. The topological polar surface area (TPSA) is 58.6 Å². The predicted octanol–water partition coefficient (Wildman–Crippen LogP) is 2.53. The molecule has 0 bridgehead atoms. The first kappa shape index (κ1) is 14.6. The van der Waals surface area contributed by atoms with E-state index >= 15 is 0 Å². The third-order valence-corrected chi connectivity index (χ3v) is 4.10. The fourth-order valence-electron chi connectivity index (χ4n) is 2.64. The maximum Gasteiger partial charge on any atom is 0.254 e. The summed E-state index contributed by atoms with van der Waals surface area (Å²) in [6.45, 7) is 0. The first-order chi connectivity index (χ1) is 10.6. The summed E-state index contributed by atoms with van der Waals surface area (Å²) >= 11 is 0. The summed E-state index contributed by atoms with van der Waals surface area (Å²) in [4.78, 5) is 12.4. The third kappa shape index (κ3) is 2.83. The minimum atomic E-state index is -1.20. The summed E-state index contributed by atoms with van der Waals surface area (Å²) in [5.74, 6) is 0.239.